The molecular weight excluding hydrogens is 287 g/mol. The van der Waals surface area contributed by atoms with Gasteiger partial charge in [0.2, 0.25) is 0 Å². The van der Waals surface area contributed by atoms with Gasteiger partial charge in [-0.2, -0.15) is 0 Å². The first kappa shape index (κ1) is 14.4. The molecule has 0 spiro atoms. The van der Waals surface area contributed by atoms with Crippen LogP contribution in [0.15, 0.2) is 24.3 Å². The van der Waals surface area contributed by atoms with Crippen LogP contribution in [0.3, 0.4) is 0 Å². The average Bonchev–Trinajstić information content (AvgIpc) is 2.24. The number of likely N-dealkylation sites (tertiary alicyclic amines) is 1. The zero-order chi connectivity index (χ0) is 11.4. The highest BCUT2D eigenvalue weighted by atomic mass is 79.9. The van der Waals surface area contributed by atoms with Crippen molar-refractivity contribution in [2.75, 3.05) is 26.2 Å². The van der Waals surface area contributed by atoms with Gasteiger partial charge in [0.1, 0.15) is 17.7 Å². The van der Waals surface area contributed by atoms with Crippen LogP contribution in [0.4, 0.5) is 4.39 Å². The number of nitrogens with two attached hydrogens (primary N) is 1. The molecule has 96 valence electrons. The van der Waals surface area contributed by atoms with Gasteiger partial charge in [0.15, 0.2) is 0 Å². The lowest BCUT2D eigenvalue weighted by Crippen LogP contribution is -2.54. The third kappa shape index (κ3) is 4.26. The van der Waals surface area contributed by atoms with Gasteiger partial charge in [-0.25, -0.2) is 4.39 Å². The standard InChI is InChI=1S/C12H17FN2O.BrH/c13-10-2-4-11(5-3-10)16-12-8-15(9-12)7-1-6-14;/h2-5,12H,1,6-9,14H2;1H. The van der Waals surface area contributed by atoms with Crippen LogP contribution in [0.2, 0.25) is 0 Å². The van der Waals surface area contributed by atoms with E-state index in [0.29, 0.717) is 0 Å². The van der Waals surface area contributed by atoms with Gasteiger partial charge in [0.05, 0.1) is 0 Å². The fourth-order valence-corrected chi connectivity index (χ4v) is 1.80. The summed E-state index contributed by atoms with van der Waals surface area (Å²) in [6.07, 6.45) is 1.27. The number of halogens is 2. The Morgan fingerprint density at radius 1 is 1.29 bits per heavy atom. The van der Waals surface area contributed by atoms with Gasteiger partial charge < -0.3 is 10.5 Å². The molecule has 0 atom stereocenters. The van der Waals surface area contributed by atoms with E-state index in [4.69, 9.17) is 10.5 Å². The van der Waals surface area contributed by atoms with Crippen LogP contribution < -0.4 is 10.5 Å². The molecule has 1 aromatic rings. The lowest BCUT2D eigenvalue weighted by atomic mass is 10.1. The van der Waals surface area contributed by atoms with Crippen molar-refractivity contribution in [2.45, 2.75) is 12.5 Å². The second-order valence-electron chi connectivity index (χ2n) is 4.10. The highest BCUT2D eigenvalue weighted by Crippen LogP contribution is 2.18. The minimum atomic E-state index is -0.231. The zero-order valence-corrected chi connectivity index (χ0v) is 11.4. The van der Waals surface area contributed by atoms with Crippen molar-refractivity contribution in [3.05, 3.63) is 30.1 Å². The third-order valence-electron chi connectivity index (χ3n) is 2.72. The maximum Gasteiger partial charge on any atom is 0.124 e. The van der Waals surface area contributed by atoms with Gasteiger partial charge in [-0.1, -0.05) is 0 Å². The number of benzene rings is 1. The lowest BCUT2D eigenvalue weighted by Gasteiger charge is -2.38. The topological polar surface area (TPSA) is 38.5 Å². The molecule has 0 aromatic heterocycles. The van der Waals surface area contributed by atoms with E-state index in [2.05, 4.69) is 4.90 Å². The molecule has 17 heavy (non-hydrogen) atoms. The van der Waals surface area contributed by atoms with Crippen LogP contribution in [0.1, 0.15) is 6.42 Å². The van der Waals surface area contributed by atoms with E-state index in [1.54, 1.807) is 12.1 Å². The Morgan fingerprint density at radius 3 is 2.53 bits per heavy atom. The van der Waals surface area contributed by atoms with Crippen molar-refractivity contribution in [1.82, 2.24) is 4.90 Å². The summed E-state index contributed by atoms with van der Waals surface area (Å²) in [5.74, 6) is 0.510. The lowest BCUT2D eigenvalue weighted by molar-refractivity contribution is 0.0198. The Labute approximate surface area is 112 Å². The summed E-state index contributed by atoms with van der Waals surface area (Å²) in [5.41, 5.74) is 5.43. The van der Waals surface area contributed by atoms with Crippen LogP contribution in [0.25, 0.3) is 0 Å². The molecule has 3 nitrogen and oxygen atoms in total. The molecule has 0 unspecified atom stereocenters. The van der Waals surface area contributed by atoms with Gasteiger partial charge >= 0.3 is 0 Å². The number of hydrogen-bond donors (Lipinski definition) is 1. The summed E-state index contributed by atoms with van der Waals surface area (Å²) in [6, 6.07) is 6.16. The highest BCUT2D eigenvalue weighted by molar-refractivity contribution is 8.93. The zero-order valence-electron chi connectivity index (χ0n) is 9.64. The fraction of sp³-hybridized carbons (Fsp3) is 0.500. The Kier molecular flexibility index (Phi) is 5.88. The molecule has 1 aliphatic heterocycles. The van der Waals surface area contributed by atoms with Gasteiger partial charge in [-0.05, 0) is 43.8 Å². The molecule has 2 rings (SSSR count). The second-order valence-corrected chi connectivity index (χ2v) is 4.10. The van der Waals surface area contributed by atoms with Crippen LogP contribution in [0.5, 0.6) is 5.75 Å². The molecule has 2 N–H and O–H groups in total. The molecule has 1 saturated heterocycles. The first-order valence-electron chi connectivity index (χ1n) is 5.62. The van der Waals surface area contributed by atoms with E-state index in [0.717, 1.165) is 38.3 Å². The van der Waals surface area contributed by atoms with E-state index in [9.17, 15) is 4.39 Å². The van der Waals surface area contributed by atoms with Crippen molar-refractivity contribution in [2.24, 2.45) is 5.73 Å². The summed E-state index contributed by atoms with van der Waals surface area (Å²) in [6.45, 7) is 3.66. The Hall–Kier alpha value is -0.650. The van der Waals surface area contributed by atoms with Crippen LogP contribution in [0, 0.1) is 5.82 Å². The van der Waals surface area contributed by atoms with Crippen molar-refractivity contribution in [3.8, 4) is 5.75 Å². The molecule has 0 bridgehead atoms. The van der Waals surface area contributed by atoms with E-state index in [-0.39, 0.29) is 28.9 Å². The molecule has 0 aliphatic carbocycles. The molecule has 0 saturated carbocycles. The fourth-order valence-electron chi connectivity index (χ4n) is 1.80. The van der Waals surface area contributed by atoms with Gasteiger partial charge in [0.25, 0.3) is 0 Å². The van der Waals surface area contributed by atoms with Gasteiger partial charge in [-0.3, -0.25) is 4.90 Å². The molecule has 5 heteroatoms. The SMILES string of the molecule is Br.NCCCN1CC(Oc2ccc(F)cc2)C1. The monoisotopic (exact) mass is 304 g/mol. The first-order chi connectivity index (χ1) is 7.78. The van der Waals surface area contributed by atoms with Crippen LogP contribution >= 0.6 is 17.0 Å². The van der Waals surface area contributed by atoms with Crippen molar-refractivity contribution in [1.29, 1.82) is 0 Å². The molecule has 1 fully saturated rings. The molecule has 0 amide bonds. The second kappa shape index (κ2) is 6.93. The Bertz CT molecular complexity index is 328. The molecular formula is C12H18BrFN2O. The van der Waals surface area contributed by atoms with Gasteiger partial charge in [0, 0.05) is 13.1 Å². The smallest absolute Gasteiger partial charge is 0.124 e. The predicted molar refractivity (Wildman–Crippen MR) is 71.2 cm³/mol. The maximum absolute atomic E-state index is 12.6. The minimum Gasteiger partial charge on any atom is -0.488 e. The summed E-state index contributed by atoms with van der Waals surface area (Å²) < 4.78 is 18.3. The summed E-state index contributed by atoms with van der Waals surface area (Å²) in [5, 5.41) is 0. The van der Waals surface area contributed by atoms with Crippen LogP contribution in [-0.2, 0) is 0 Å². The third-order valence-corrected chi connectivity index (χ3v) is 2.72. The Balaban J connectivity index is 0.00000144. The van der Waals surface area contributed by atoms with Crippen LogP contribution in [-0.4, -0.2) is 37.2 Å². The van der Waals surface area contributed by atoms with E-state index < -0.39 is 0 Å². The normalized spacial score (nSPS) is 16.1. The first-order valence-corrected chi connectivity index (χ1v) is 5.62. The molecule has 1 aliphatic rings. The molecule has 0 radical (unpaired) electrons. The summed E-state index contributed by atoms with van der Waals surface area (Å²) in [4.78, 5) is 2.31. The number of nitrogens with zero attached hydrogens (tertiary/aromatic N) is 1. The number of rotatable bonds is 5. The average molecular weight is 305 g/mol. The quantitative estimate of drug-likeness (QED) is 0.902. The van der Waals surface area contributed by atoms with E-state index in [1.165, 1.54) is 12.1 Å². The Morgan fingerprint density at radius 2 is 1.94 bits per heavy atom. The number of hydrogen-bond acceptors (Lipinski definition) is 3. The maximum atomic E-state index is 12.6. The minimum absolute atomic E-state index is 0. The summed E-state index contributed by atoms with van der Waals surface area (Å²) >= 11 is 0. The predicted octanol–water partition coefficient (Wildman–Crippen LogP) is 1.82. The largest absolute Gasteiger partial charge is 0.488 e. The van der Waals surface area contributed by atoms with Gasteiger partial charge in [-0.15, -0.1) is 17.0 Å². The summed E-state index contributed by atoms with van der Waals surface area (Å²) in [7, 11) is 0. The van der Waals surface area contributed by atoms with Crippen molar-refractivity contribution < 1.29 is 9.13 Å². The van der Waals surface area contributed by atoms with E-state index in [1.807, 2.05) is 0 Å². The van der Waals surface area contributed by atoms with E-state index >= 15 is 0 Å². The van der Waals surface area contributed by atoms with Crippen molar-refractivity contribution in [3.63, 3.8) is 0 Å². The molecule has 1 aromatic carbocycles. The highest BCUT2D eigenvalue weighted by Gasteiger charge is 2.27. The number of ether oxygens (including phenoxy) is 1. The van der Waals surface area contributed by atoms with Crippen molar-refractivity contribution >= 4 is 17.0 Å². The molecule has 1 heterocycles.